The minimum Gasteiger partial charge on any atom is -0.482 e. The summed E-state index contributed by atoms with van der Waals surface area (Å²) in [6, 6.07) is 2.20. The Morgan fingerprint density at radius 3 is 2.50 bits per heavy atom. The van der Waals surface area contributed by atoms with Crippen molar-refractivity contribution in [1.82, 2.24) is 19.4 Å². The molecule has 5 nitrogen and oxygen atoms in total. The van der Waals surface area contributed by atoms with Gasteiger partial charge in [-0.05, 0) is 11.8 Å². The quantitative estimate of drug-likeness (QED) is 0.434. The number of rotatable bonds is 5. The van der Waals surface area contributed by atoms with Gasteiger partial charge in [0.25, 0.3) is 0 Å². The number of fused-ring (bicyclic) bond motifs is 1. The molecule has 3 heterocycles. The summed E-state index contributed by atoms with van der Waals surface area (Å²) < 4.78 is 81.4. The number of pyridine rings is 1. The fourth-order valence-corrected chi connectivity index (χ4v) is 3.09. The molecule has 0 spiro atoms. The van der Waals surface area contributed by atoms with Gasteiger partial charge in [0.05, 0.1) is 6.20 Å². The van der Waals surface area contributed by atoms with Gasteiger partial charge in [-0.2, -0.15) is 26.3 Å². The highest BCUT2D eigenvalue weighted by atomic mass is 32.2. The molecule has 3 aromatic rings. The molecular weight excluding hydrogens is 410 g/mol. The molecule has 28 heavy (non-hydrogen) atoms. The van der Waals surface area contributed by atoms with Gasteiger partial charge < -0.3 is 4.74 Å². The van der Waals surface area contributed by atoms with Crippen LogP contribution in [0.5, 0.6) is 5.75 Å². The number of nitrogens with zero attached hydrogens (tertiary/aromatic N) is 4. The third-order valence-electron chi connectivity index (χ3n) is 3.41. The summed E-state index contributed by atoms with van der Waals surface area (Å²) in [5.41, 5.74) is -0.476. The smallest absolute Gasteiger partial charge is 0.433 e. The van der Waals surface area contributed by atoms with Gasteiger partial charge in [-0.3, -0.25) is 4.40 Å². The summed E-state index contributed by atoms with van der Waals surface area (Å²) in [4.78, 5) is 12.1. The standard InChI is InChI=1S/C16H12F6N4OS/c1-2-28-11-3-9(27-7-15(17,18)19)5-23-14(11)10-6-26-8-24-12(16(20,21)22)4-13(26)25-10/h3-6,8H,2,7H2,1H3. The van der Waals surface area contributed by atoms with Crippen molar-refractivity contribution in [3.8, 4) is 17.1 Å². The van der Waals surface area contributed by atoms with Crippen molar-refractivity contribution in [2.45, 2.75) is 24.2 Å². The van der Waals surface area contributed by atoms with Crippen LogP contribution < -0.4 is 4.74 Å². The van der Waals surface area contributed by atoms with Gasteiger partial charge in [0.15, 0.2) is 6.61 Å². The fourth-order valence-electron chi connectivity index (χ4n) is 2.29. The van der Waals surface area contributed by atoms with Crippen molar-refractivity contribution in [3.05, 3.63) is 36.5 Å². The van der Waals surface area contributed by atoms with Crippen LogP contribution in [0.1, 0.15) is 12.6 Å². The number of aromatic nitrogens is 4. The van der Waals surface area contributed by atoms with Gasteiger partial charge in [0, 0.05) is 17.2 Å². The number of imidazole rings is 1. The number of alkyl halides is 6. The zero-order chi connectivity index (χ0) is 20.5. The zero-order valence-electron chi connectivity index (χ0n) is 14.2. The Bertz CT molecular complexity index is 985. The summed E-state index contributed by atoms with van der Waals surface area (Å²) in [5, 5.41) is 0. The molecule has 0 fully saturated rings. The third kappa shape index (κ3) is 4.66. The predicted octanol–water partition coefficient (Wildman–Crippen LogP) is 4.86. The largest absolute Gasteiger partial charge is 0.482 e. The average Bonchev–Trinajstić information content (AvgIpc) is 3.02. The van der Waals surface area contributed by atoms with Crippen LogP contribution in [0.25, 0.3) is 17.0 Å². The van der Waals surface area contributed by atoms with Crippen molar-refractivity contribution < 1.29 is 31.1 Å². The summed E-state index contributed by atoms with van der Waals surface area (Å²) in [7, 11) is 0. The van der Waals surface area contributed by atoms with E-state index in [4.69, 9.17) is 4.74 Å². The Morgan fingerprint density at radius 2 is 1.86 bits per heavy atom. The first-order chi connectivity index (χ1) is 13.1. The van der Waals surface area contributed by atoms with Crippen LogP contribution in [0.3, 0.4) is 0 Å². The van der Waals surface area contributed by atoms with Crippen LogP contribution in [-0.4, -0.2) is 37.9 Å². The van der Waals surface area contributed by atoms with E-state index in [0.717, 1.165) is 18.6 Å². The molecule has 150 valence electrons. The minimum absolute atomic E-state index is 0.0176. The normalized spacial score (nSPS) is 12.5. The maximum absolute atomic E-state index is 12.8. The maximum Gasteiger partial charge on any atom is 0.433 e. The molecule has 0 N–H and O–H groups in total. The van der Waals surface area contributed by atoms with Crippen LogP contribution in [0.15, 0.2) is 35.7 Å². The lowest BCUT2D eigenvalue weighted by atomic mass is 10.3. The fraction of sp³-hybridized carbons (Fsp3) is 0.312. The summed E-state index contributed by atoms with van der Waals surface area (Å²) in [5.74, 6) is 0.520. The molecule has 0 radical (unpaired) electrons. The third-order valence-corrected chi connectivity index (χ3v) is 4.32. The second-order valence-electron chi connectivity index (χ2n) is 5.52. The molecule has 0 aliphatic rings. The van der Waals surface area contributed by atoms with Gasteiger partial charge in [0.1, 0.15) is 34.8 Å². The van der Waals surface area contributed by atoms with Gasteiger partial charge in [-0.25, -0.2) is 15.0 Å². The Labute approximate surface area is 158 Å². The minimum atomic E-state index is -4.60. The Morgan fingerprint density at radius 1 is 1.11 bits per heavy atom. The van der Waals surface area contributed by atoms with Crippen molar-refractivity contribution in [3.63, 3.8) is 0 Å². The van der Waals surface area contributed by atoms with Crippen LogP contribution in [0, 0.1) is 0 Å². The molecule has 3 rings (SSSR count). The van der Waals surface area contributed by atoms with E-state index in [-0.39, 0.29) is 17.1 Å². The number of hydrogen-bond acceptors (Lipinski definition) is 5. The summed E-state index contributed by atoms with van der Waals surface area (Å²) >= 11 is 1.29. The van der Waals surface area contributed by atoms with E-state index in [1.807, 2.05) is 6.92 Å². The van der Waals surface area contributed by atoms with E-state index in [1.165, 1.54) is 28.4 Å². The van der Waals surface area contributed by atoms with E-state index >= 15 is 0 Å². The SMILES string of the molecule is CCSc1cc(OCC(F)(F)F)cnc1-c1cn2cnc(C(F)(F)F)cc2n1. The van der Waals surface area contributed by atoms with E-state index in [0.29, 0.717) is 16.3 Å². The molecule has 12 heteroatoms. The monoisotopic (exact) mass is 422 g/mol. The van der Waals surface area contributed by atoms with Gasteiger partial charge >= 0.3 is 12.4 Å². The second kappa shape index (κ2) is 7.49. The number of halogens is 6. The topological polar surface area (TPSA) is 52.3 Å². The van der Waals surface area contributed by atoms with Crippen LogP contribution in [0.4, 0.5) is 26.3 Å². The molecule has 0 aliphatic carbocycles. The van der Waals surface area contributed by atoms with Crippen molar-refractivity contribution >= 4 is 17.4 Å². The number of ether oxygens (including phenoxy) is 1. The average molecular weight is 422 g/mol. The van der Waals surface area contributed by atoms with E-state index < -0.39 is 24.7 Å². The molecular formula is C16H12F6N4OS. The lowest BCUT2D eigenvalue weighted by Gasteiger charge is -2.11. The molecule has 0 amide bonds. The molecule has 3 aromatic heterocycles. The van der Waals surface area contributed by atoms with E-state index in [2.05, 4.69) is 15.0 Å². The molecule has 0 bridgehead atoms. The highest BCUT2D eigenvalue weighted by Gasteiger charge is 2.33. The first-order valence-corrected chi connectivity index (χ1v) is 8.80. The molecule has 0 saturated carbocycles. The molecule has 0 saturated heterocycles. The molecule has 0 atom stereocenters. The van der Waals surface area contributed by atoms with Gasteiger partial charge in [-0.1, -0.05) is 6.92 Å². The van der Waals surface area contributed by atoms with Crippen molar-refractivity contribution in [2.24, 2.45) is 0 Å². The predicted molar refractivity (Wildman–Crippen MR) is 89.2 cm³/mol. The Kier molecular flexibility index (Phi) is 5.41. The van der Waals surface area contributed by atoms with Gasteiger partial charge in [-0.15, -0.1) is 11.8 Å². The Hall–Kier alpha value is -2.50. The van der Waals surface area contributed by atoms with Crippen molar-refractivity contribution in [2.75, 3.05) is 12.4 Å². The Balaban J connectivity index is 1.97. The summed E-state index contributed by atoms with van der Waals surface area (Å²) in [6.45, 7) is 0.380. The molecule has 0 aliphatic heterocycles. The molecule has 0 unspecified atom stereocenters. The zero-order valence-corrected chi connectivity index (χ0v) is 15.0. The molecule has 0 aromatic carbocycles. The van der Waals surface area contributed by atoms with Crippen LogP contribution in [-0.2, 0) is 6.18 Å². The van der Waals surface area contributed by atoms with Crippen LogP contribution >= 0.6 is 11.8 Å². The lowest BCUT2D eigenvalue weighted by molar-refractivity contribution is -0.153. The highest BCUT2D eigenvalue weighted by Crippen LogP contribution is 2.33. The second-order valence-corrected chi connectivity index (χ2v) is 6.82. The maximum atomic E-state index is 12.8. The number of hydrogen-bond donors (Lipinski definition) is 0. The van der Waals surface area contributed by atoms with Crippen LogP contribution in [0.2, 0.25) is 0 Å². The highest BCUT2D eigenvalue weighted by molar-refractivity contribution is 7.99. The first kappa shape index (κ1) is 20.2. The van der Waals surface area contributed by atoms with Crippen molar-refractivity contribution in [1.29, 1.82) is 0 Å². The number of thioether (sulfide) groups is 1. The van der Waals surface area contributed by atoms with Gasteiger partial charge in [0.2, 0.25) is 0 Å². The van der Waals surface area contributed by atoms with E-state index in [1.54, 1.807) is 0 Å². The lowest BCUT2D eigenvalue weighted by Crippen LogP contribution is -2.19. The summed E-state index contributed by atoms with van der Waals surface area (Å²) in [6.07, 6.45) is -5.54. The van der Waals surface area contributed by atoms with E-state index in [9.17, 15) is 26.3 Å². The first-order valence-electron chi connectivity index (χ1n) is 7.81.